The van der Waals surface area contributed by atoms with E-state index in [1.165, 1.54) is 32.4 Å². The fourth-order valence-corrected chi connectivity index (χ4v) is 5.63. The van der Waals surface area contributed by atoms with Gasteiger partial charge in [-0.15, -0.1) is 17.5 Å². The first kappa shape index (κ1) is 35.1. The molecule has 1 fully saturated rings. The van der Waals surface area contributed by atoms with Crippen LogP contribution in [0.25, 0.3) is 22.5 Å². The number of anilines is 1. The van der Waals surface area contributed by atoms with Crippen LogP contribution in [-0.2, 0) is 20.8 Å². The van der Waals surface area contributed by atoms with Gasteiger partial charge < -0.3 is 16.4 Å². The number of carbonyl (C=O) groups is 3. The topological polar surface area (TPSA) is 168 Å². The Bertz CT molecular complexity index is 1660. The SMILES string of the molecule is CON(C)C(=O)c1ccc(F)c(-c2cccc(C[C@H](NC(=O)C3CCC(CN)CC3)C(=O)Nc3ccc(-c4nnn[nH]4)cc3)c2)c1.Cl. The number of benzene rings is 3. The summed E-state index contributed by atoms with van der Waals surface area (Å²) < 4.78 is 15.0. The molecular formula is C33H38ClFN8O4. The van der Waals surface area contributed by atoms with Crippen LogP contribution in [0.15, 0.2) is 66.7 Å². The number of nitrogens with zero attached hydrogens (tertiary/aromatic N) is 4. The minimum atomic E-state index is -0.916. The summed E-state index contributed by atoms with van der Waals surface area (Å²) in [6.07, 6.45) is 3.31. The van der Waals surface area contributed by atoms with Crippen molar-refractivity contribution in [3.8, 4) is 22.5 Å². The number of rotatable bonds is 11. The summed E-state index contributed by atoms with van der Waals surface area (Å²) in [5.41, 5.74) is 8.80. The van der Waals surface area contributed by atoms with Crippen LogP contribution >= 0.6 is 12.4 Å². The Kier molecular flexibility index (Phi) is 12.1. The molecule has 0 saturated heterocycles. The lowest BCUT2D eigenvalue weighted by molar-refractivity contribution is -0.130. The third-order valence-corrected chi connectivity index (χ3v) is 8.41. The Morgan fingerprint density at radius 2 is 1.79 bits per heavy atom. The molecular weight excluding hydrogens is 627 g/mol. The first-order valence-corrected chi connectivity index (χ1v) is 15.1. The Labute approximate surface area is 278 Å². The molecule has 1 aromatic heterocycles. The van der Waals surface area contributed by atoms with Crippen molar-refractivity contribution in [2.75, 3.05) is 26.0 Å². The second-order valence-electron chi connectivity index (χ2n) is 11.4. The molecule has 248 valence electrons. The summed E-state index contributed by atoms with van der Waals surface area (Å²) in [6.45, 7) is 0.599. The highest BCUT2D eigenvalue weighted by Crippen LogP contribution is 2.29. The number of hydrogen-bond donors (Lipinski definition) is 4. The molecule has 1 heterocycles. The van der Waals surface area contributed by atoms with E-state index in [4.69, 9.17) is 10.6 Å². The van der Waals surface area contributed by atoms with E-state index in [-0.39, 0.29) is 41.8 Å². The first-order valence-electron chi connectivity index (χ1n) is 15.1. The van der Waals surface area contributed by atoms with Gasteiger partial charge in [0, 0.05) is 41.8 Å². The number of hydroxylamine groups is 2. The molecule has 0 unspecified atom stereocenters. The molecule has 1 aliphatic carbocycles. The predicted molar refractivity (Wildman–Crippen MR) is 177 cm³/mol. The maximum absolute atomic E-state index is 15.0. The van der Waals surface area contributed by atoms with E-state index in [0.717, 1.165) is 23.5 Å². The van der Waals surface area contributed by atoms with E-state index in [9.17, 15) is 14.4 Å². The van der Waals surface area contributed by atoms with Crippen molar-refractivity contribution in [3.05, 3.63) is 83.7 Å². The van der Waals surface area contributed by atoms with E-state index >= 15 is 4.39 Å². The molecule has 0 aliphatic heterocycles. The molecule has 0 bridgehead atoms. The average molecular weight is 665 g/mol. The molecule has 47 heavy (non-hydrogen) atoms. The smallest absolute Gasteiger partial charge is 0.277 e. The number of nitrogens with one attached hydrogen (secondary N) is 3. The van der Waals surface area contributed by atoms with Crippen molar-refractivity contribution in [2.24, 2.45) is 17.6 Å². The summed E-state index contributed by atoms with van der Waals surface area (Å²) in [4.78, 5) is 44.7. The van der Waals surface area contributed by atoms with Crippen LogP contribution in [0.2, 0.25) is 0 Å². The monoisotopic (exact) mass is 664 g/mol. The van der Waals surface area contributed by atoms with Crippen LogP contribution in [0.5, 0.6) is 0 Å². The van der Waals surface area contributed by atoms with Gasteiger partial charge in [-0.25, -0.2) is 14.6 Å². The number of aromatic nitrogens is 4. The van der Waals surface area contributed by atoms with E-state index in [2.05, 4.69) is 31.3 Å². The largest absolute Gasteiger partial charge is 0.344 e. The second kappa shape index (κ2) is 16.2. The molecule has 12 nitrogen and oxygen atoms in total. The number of tetrazole rings is 1. The van der Waals surface area contributed by atoms with Crippen LogP contribution in [0.3, 0.4) is 0 Å². The van der Waals surface area contributed by atoms with Gasteiger partial charge in [0.05, 0.1) is 7.11 Å². The molecule has 0 radical (unpaired) electrons. The Hall–Kier alpha value is -4.72. The summed E-state index contributed by atoms with van der Waals surface area (Å²) in [7, 11) is 2.84. The number of halogens is 2. The van der Waals surface area contributed by atoms with Crippen LogP contribution in [0, 0.1) is 17.7 Å². The lowest BCUT2D eigenvalue weighted by atomic mass is 9.81. The first-order chi connectivity index (χ1) is 22.2. The number of H-pyrrole nitrogens is 1. The normalized spacial score (nSPS) is 16.4. The molecule has 5 N–H and O–H groups in total. The molecule has 1 atom stereocenters. The van der Waals surface area contributed by atoms with Gasteiger partial charge in [-0.2, -0.15) is 0 Å². The Balaban J connectivity index is 0.00000500. The highest BCUT2D eigenvalue weighted by Gasteiger charge is 2.29. The maximum atomic E-state index is 15.0. The van der Waals surface area contributed by atoms with Gasteiger partial charge in [0.1, 0.15) is 11.9 Å². The van der Waals surface area contributed by atoms with Gasteiger partial charge >= 0.3 is 0 Å². The zero-order valence-electron chi connectivity index (χ0n) is 26.1. The zero-order chi connectivity index (χ0) is 32.6. The standard InChI is InChI=1S/C33H37FN8O4.ClH/c1-42(46-2)33(45)25-12-15-28(34)27(18-25)24-5-3-4-21(16-24)17-29(37-31(43)23-8-6-20(19-35)7-9-23)32(44)36-26-13-10-22(11-14-26)30-38-40-41-39-30;/h3-5,10-16,18,20,23,29H,6-9,17,19,35H2,1-2H3,(H,36,44)(H,37,43)(H,38,39,40,41);1H/t20?,23?,29-;/m0./s1. The van der Waals surface area contributed by atoms with Crippen molar-refractivity contribution in [1.82, 2.24) is 31.0 Å². The highest BCUT2D eigenvalue weighted by atomic mass is 35.5. The Morgan fingerprint density at radius 1 is 1.04 bits per heavy atom. The summed E-state index contributed by atoms with van der Waals surface area (Å²) in [5.74, 6) is -0.822. The Morgan fingerprint density at radius 3 is 2.45 bits per heavy atom. The van der Waals surface area contributed by atoms with Crippen LogP contribution in [0.4, 0.5) is 10.1 Å². The van der Waals surface area contributed by atoms with E-state index in [0.29, 0.717) is 47.9 Å². The summed E-state index contributed by atoms with van der Waals surface area (Å²) >= 11 is 0. The van der Waals surface area contributed by atoms with Gasteiger partial charge in [-0.05, 0) is 102 Å². The third kappa shape index (κ3) is 8.76. The predicted octanol–water partition coefficient (Wildman–Crippen LogP) is 4.16. The van der Waals surface area contributed by atoms with E-state index in [1.54, 1.807) is 42.5 Å². The van der Waals surface area contributed by atoms with Gasteiger partial charge in [0.15, 0.2) is 5.82 Å². The van der Waals surface area contributed by atoms with Gasteiger partial charge in [0.2, 0.25) is 11.8 Å². The minimum absolute atomic E-state index is 0. The number of nitrogens with two attached hydrogens (primary N) is 1. The van der Waals surface area contributed by atoms with Crippen molar-refractivity contribution in [1.29, 1.82) is 0 Å². The number of carbonyl (C=O) groups excluding carboxylic acids is 3. The lowest BCUT2D eigenvalue weighted by Crippen LogP contribution is -2.48. The zero-order valence-corrected chi connectivity index (χ0v) is 26.9. The van der Waals surface area contributed by atoms with Crippen molar-refractivity contribution < 1.29 is 23.6 Å². The van der Waals surface area contributed by atoms with Crippen molar-refractivity contribution in [2.45, 2.75) is 38.1 Å². The number of hydrogen-bond acceptors (Lipinski definition) is 8. The minimum Gasteiger partial charge on any atom is -0.344 e. The van der Waals surface area contributed by atoms with Crippen LogP contribution in [0.1, 0.15) is 41.6 Å². The second-order valence-corrected chi connectivity index (χ2v) is 11.4. The fraction of sp³-hybridized carbons (Fsp3) is 0.333. The number of aromatic amines is 1. The summed E-state index contributed by atoms with van der Waals surface area (Å²) in [5, 5.41) is 20.7. The molecule has 3 aromatic carbocycles. The van der Waals surface area contributed by atoms with Gasteiger partial charge in [-0.1, -0.05) is 24.3 Å². The lowest BCUT2D eigenvalue weighted by Gasteiger charge is -2.28. The molecule has 14 heteroatoms. The third-order valence-electron chi connectivity index (χ3n) is 8.41. The van der Waals surface area contributed by atoms with E-state index < -0.39 is 23.7 Å². The molecule has 1 saturated carbocycles. The summed E-state index contributed by atoms with van der Waals surface area (Å²) in [6, 6.07) is 17.2. The quantitative estimate of drug-likeness (QED) is 0.173. The number of amides is 3. The fourth-order valence-electron chi connectivity index (χ4n) is 5.63. The van der Waals surface area contributed by atoms with Crippen LogP contribution in [-0.4, -0.2) is 70.2 Å². The highest BCUT2D eigenvalue weighted by molar-refractivity contribution is 5.98. The van der Waals surface area contributed by atoms with Gasteiger partial charge in [-0.3, -0.25) is 19.2 Å². The van der Waals surface area contributed by atoms with Crippen molar-refractivity contribution >= 4 is 35.8 Å². The van der Waals surface area contributed by atoms with Gasteiger partial charge in [0.25, 0.3) is 5.91 Å². The molecule has 1 aliphatic rings. The molecule has 4 aromatic rings. The molecule has 3 amide bonds. The van der Waals surface area contributed by atoms with Crippen molar-refractivity contribution in [3.63, 3.8) is 0 Å². The average Bonchev–Trinajstić information content (AvgIpc) is 3.63. The molecule has 0 spiro atoms. The van der Waals surface area contributed by atoms with E-state index in [1.807, 2.05) is 6.07 Å². The molecule has 5 rings (SSSR count). The van der Waals surface area contributed by atoms with Crippen LogP contribution < -0.4 is 16.4 Å². The maximum Gasteiger partial charge on any atom is 0.277 e.